The molecule has 0 fully saturated rings. The van der Waals surface area contributed by atoms with Gasteiger partial charge >= 0.3 is 45.7 Å². The maximum atomic E-state index is 9.66. The van der Waals surface area contributed by atoms with Crippen LogP contribution in [0.4, 0.5) is 0 Å². The quantitative estimate of drug-likeness (QED) is 0.486. The first-order valence-corrected chi connectivity index (χ1v) is 4.61. The van der Waals surface area contributed by atoms with E-state index in [9.17, 15) is 4.79 Å². The average molecular weight is 146 g/mol. The van der Waals surface area contributed by atoms with Crippen molar-refractivity contribution in [1.29, 1.82) is 0 Å². The molecule has 0 heterocycles. The first kappa shape index (κ1) is 6.21. The summed E-state index contributed by atoms with van der Waals surface area (Å²) < 4.78 is 0.317. The van der Waals surface area contributed by atoms with Crippen LogP contribution in [-0.4, -0.2) is 22.8 Å². The Balaban J connectivity index is 2.96. The van der Waals surface area contributed by atoms with Crippen molar-refractivity contribution in [2.75, 3.05) is 0 Å². The molecule has 0 rings (SSSR count). The number of hydrogen-bond donors (Lipinski definition) is 0. The van der Waals surface area contributed by atoms with Gasteiger partial charge in [-0.3, -0.25) is 0 Å². The van der Waals surface area contributed by atoms with Crippen LogP contribution in [0.15, 0.2) is 0 Å². The Morgan fingerprint density at radius 1 is 2.00 bits per heavy atom. The fourth-order valence-electron chi connectivity index (χ4n) is 0.0833. The van der Waals surface area contributed by atoms with E-state index in [1.807, 2.05) is 13.2 Å². The molecule has 0 aliphatic carbocycles. The molecule has 0 N–H and O–H groups in total. The average Bonchev–Trinajstić information content (AvgIpc) is 1.65. The van der Waals surface area contributed by atoms with E-state index < -0.39 is 0 Å². The predicted octanol–water partition coefficient (Wildman–Crippen LogP) is -0.340. The van der Waals surface area contributed by atoms with E-state index in [1.165, 1.54) is 0 Å². The Morgan fingerprint density at radius 3 is 2.50 bits per heavy atom. The van der Waals surface area contributed by atoms with Crippen molar-refractivity contribution < 1.29 is 4.79 Å². The fourth-order valence-corrected chi connectivity index (χ4v) is 0.0833. The van der Waals surface area contributed by atoms with Crippen molar-refractivity contribution in [3.63, 3.8) is 0 Å². The molecular formula is C4H9GeO. The van der Waals surface area contributed by atoms with Gasteiger partial charge in [-0.2, -0.15) is 0 Å². The molecule has 1 radical (unpaired) electrons. The topological polar surface area (TPSA) is 17.1 Å². The van der Waals surface area contributed by atoms with Crippen molar-refractivity contribution in [2.45, 2.75) is 18.1 Å². The molecule has 0 aromatic heterocycles. The summed E-state index contributed by atoms with van der Waals surface area (Å²) in [4.78, 5) is 9.66. The van der Waals surface area contributed by atoms with E-state index in [1.54, 1.807) is 0 Å². The molecule has 35 valence electrons. The van der Waals surface area contributed by atoms with Crippen LogP contribution in [0.25, 0.3) is 0 Å². The molecule has 0 spiro atoms. The summed E-state index contributed by atoms with van der Waals surface area (Å²) in [7, 11) is 0. The van der Waals surface area contributed by atoms with Gasteiger partial charge in [-0.05, 0) is 0 Å². The van der Waals surface area contributed by atoms with Crippen LogP contribution in [0.5, 0.6) is 0 Å². The van der Waals surface area contributed by atoms with Crippen molar-refractivity contribution in [3.8, 4) is 0 Å². The minimum absolute atomic E-state index is 0.317. The van der Waals surface area contributed by atoms with Gasteiger partial charge in [0, 0.05) is 0 Å². The van der Waals surface area contributed by atoms with E-state index >= 15 is 0 Å². The minimum atomic E-state index is 0.317. The third-order valence-electron chi connectivity index (χ3n) is 0.814. The standard InChI is InChI=1S/C4H9GeO/c1-2-4(5)3-6/h4H,2H2,1,5H3. The third-order valence-corrected chi connectivity index (χ3v) is 3.02. The zero-order valence-corrected chi connectivity index (χ0v) is 8.39. The molecule has 2 heteroatoms. The van der Waals surface area contributed by atoms with E-state index in [4.69, 9.17) is 0 Å². The monoisotopic (exact) mass is 147 g/mol. The van der Waals surface area contributed by atoms with Gasteiger partial charge < -0.3 is 0 Å². The Bertz CT molecular complexity index is 44.8. The van der Waals surface area contributed by atoms with Gasteiger partial charge in [0.25, 0.3) is 0 Å². The van der Waals surface area contributed by atoms with Crippen LogP contribution in [0, 0.1) is 0 Å². The Kier molecular flexibility index (Phi) is 3.53. The SMILES string of the molecule is CC[CH]([GeH3])[C]=O. The normalized spacial score (nSPS) is 14.2. The van der Waals surface area contributed by atoms with Gasteiger partial charge in [-0.15, -0.1) is 0 Å². The van der Waals surface area contributed by atoms with Gasteiger partial charge in [-0.25, -0.2) is 0 Å². The van der Waals surface area contributed by atoms with Gasteiger partial charge in [0.2, 0.25) is 0 Å². The van der Waals surface area contributed by atoms with Crippen molar-refractivity contribution in [3.05, 3.63) is 0 Å². The molecule has 0 saturated carbocycles. The molecule has 0 saturated heterocycles. The van der Waals surface area contributed by atoms with E-state index in [2.05, 4.69) is 0 Å². The molecule has 6 heavy (non-hydrogen) atoms. The summed E-state index contributed by atoms with van der Waals surface area (Å²) in [5, 5.41) is 0. The van der Waals surface area contributed by atoms with E-state index in [0.29, 0.717) is 21.3 Å². The van der Waals surface area contributed by atoms with Crippen LogP contribution >= 0.6 is 0 Å². The Labute approximate surface area is 46.3 Å². The summed E-state index contributed by atoms with van der Waals surface area (Å²) in [5.74, 6) is 0. The summed E-state index contributed by atoms with van der Waals surface area (Å²) in [5.41, 5.74) is 0. The molecule has 0 aromatic carbocycles. The summed E-state index contributed by atoms with van der Waals surface area (Å²) in [6.45, 7) is 2.01. The first-order chi connectivity index (χ1) is 2.81. The van der Waals surface area contributed by atoms with Gasteiger partial charge in [0.1, 0.15) is 0 Å². The fraction of sp³-hybridized carbons (Fsp3) is 0.750. The summed E-state index contributed by atoms with van der Waals surface area (Å²) in [6, 6.07) is 0. The number of rotatable bonds is 2. The summed E-state index contributed by atoms with van der Waals surface area (Å²) >= 11 is 0.656. The number of hydrogen-bond acceptors (Lipinski definition) is 1. The van der Waals surface area contributed by atoms with Crippen molar-refractivity contribution in [1.82, 2.24) is 0 Å². The second kappa shape index (κ2) is 3.40. The molecule has 1 unspecified atom stereocenters. The van der Waals surface area contributed by atoms with E-state index in [0.717, 1.165) is 6.42 Å². The van der Waals surface area contributed by atoms with Gasteiger partial charge in [0.15, 0.2) is 0 Å². The zero-order valence-electron chi connectivity index (χ0n) is 4.19. The second-order valence-corrected chi connectivity index (χ2v) is 4.35. The Hall–Kier alpha value is 0.213. The molecule has 0 aromatic rings. The second-order valence-electron chi connectivity index (χ2n) is 1.43. The van der Waals surface area contributed by atoms with Crippen LogP contribution < -0.4 is 0 Å². The van der Waals surface area contributed by atoms with Crippen molar-refractivity contribution in [2.24, 2.45) is 0 Å². The Morgan fingerprint density at radius 2 is 2.50 bits per heavy atom. The predicted molar refractivity (Wildman–Crippen MR) is 29.7 cm³/mol. The maximum absolute atomic E-state index is 9.66. The molecular weight excluding hydrogens is 137 g/mol. The number of carbonyl (C=O) groups excluding carboxylic acids is 1. The molecule has 0 aliphatic rings. The van der Waals surface area contributed by atoms with Gasteiger partial charge in [-0.1, -0.05) is 0 Å². The van der Waals surface area contributed by atoms with E-state index in [-0.39, 0.29) is 0 Å². The zero-order chi connectivity index (χ0) is 4.99. The molecule has 0 aliphatic heterocycles. The van der Waals surface area contributed by atoms with Gasteiger partial charge in [0.05, 0.1) is 0 Å². The van der Waals surface area contributed by atoms with Crippen LogP contribution in [-0.2, 0) is 4.79 Å². The summed E-state index contributed by atoms with van der Waals surface area (Å²) in [6.07, 6.45) is 2.94. The molecule has 0 bridgehead atoms. The van der Waals surface area contributed by atoms with Crippen LogP contribution in [0.1, 0.15) is 13.3 Å². The first-order valence-electron chi connectivity index (χ1n) is 2.19. The third kappa shape index (κ3) is 2.45. The van der Waals surface area contributed by atoms with Crippen LogP contribution in [0.2, 0.25) is 4.75 Å². The van der Waals surface area contributed by atoms with Crippen molar-refractivity contribution >= 4 is 22.8 Å². The molecule has 0 amide bonds. The molecule has 1 nitrogen and oxygen atoms in total. The van der Waals surface area contributed by atoms with Crippen LogP contribution in [0.3, 0.4) is 0 Å². The molecule has 1 atom stereocenters.